The van der Waals surface area contributed by atoms with E-state index in [0.29, 0.717) is 19.6 Å². The molecule has 0 saturated carbocycles. The monoisotopic (exact) mass is 383 g/mol. The van der Waals surface area contributed by atoms with Crippen LogP contribution in [0.1, 0.15) is 51.7 Å². The second-order valence-electron chi connectivity index (χ2n) is 8.87. The number of alkyl halides is 3. The fraction of sp³-hybridized carbons (Fsp3) is 0.700. The first-order valence-electron chi connectivity index (χ1n) is 9.63. The van der Waals surface area contributed by atoms with E-state index < -0.39 is 30.4 Å². The van der Waals surface area contributed by atoms with Gasteiger partial charge in [0, 0.05) is 6.54 Å². The van der Waals surface area contributed by atoms with Crippen LogP contribution in [0.5, 0.6) is 0 Å². The van der Waals surface area contributed by atoms with Crippen LogP contribution in [0, 0.1) is 12.8 Å². The zero-order valence-corrected chi connectivity index (χ0v) is 16.8. The van der Waals surface area contributed by atoms with Gasteiger partial charge in [0.25, 0.3) is 0 Å². The SMILES string of the molecule is Cc1ccc(B2OC(C)(C)C(C)(C)O2)cc1CN1CCC(C(F)(F)F)CC1. The first kappa shape index (κ1) is 20.7. The standard InChI is InChI=1S/C20H29BF3NO2/c1-14-6-7-17(21-26-18(2,3)19(4,5)27-21)12-15(14)13-25-10-8-16(9-11-25)20(22,23)24/h6-7,12,16H,8-11,13H2,1-5H3. The molecule has 0 atom stereocenters. The van der Waals surface area contributed by atoms with Gasteiger partial charge in [-0.2, -0.15) is 13.2 Å². The Morgan fingerprint density at radius 3 is 2.15 bits per heavy atom. The first-order valence-corrected chi connectivity index (χ1v) is 9.63. The molecule has 2 aliphatic heterocycles. The van der Waals surface area contributed by atoms with Gasteiger partial charge in [0.05, 0.1) is 17.1 Å². The molecule has 2 aliphatic rings. The van der Waals surface area contributed by atoms with Crippen LogP contribution < -0.4 is 5.46 Å². The van der Waals surface area contributed by atoms with Crippen LogP contribution in [0.4, 0.5) is 13.2 Å². The van der Waals surface area contributed by atoms with Gasteiger partial charge in [0.2, 0.25) is 0 Å². The predicted octanol–water partition coefficient (Wildman–Crippen LogP) is 4.07. The number of hydrogen-bond donors (Lipinski definition) is 0. The number of hydrogen-bond acceptors (Lipinski definition) is 3. The van der Waals surface area contributed by atoms with Crippen molar-refractivity contribution in [2.24, 2.45) is 5.92 Å². The fourth-order valence-electron chi connectivity index (χ4n) is 3.65. The molecule has 0 aromatic heterocycles. The summed E-state index contributed by atoms with van der Waals surface area (Å²) in [5.41, 5.74) is 2.41. The second-order valence-corrected chi connectivity index (χ2v) is 8.87. The van der Waals surface area contributed by atoms with Crippen molar-refractivity contribution in [2.45, 2.75) is 71.4 Å². The molecule has 2 saturated heterocycles. The molecule has 0 bridgehead atoms. The Hall–Kier alpha value is -1.05. The summed E-state index contributed by atoms with van der Waals surface area (Å²) in [4.78, 5) is 2.11. The maximum atomic E-state index is 12.9. The van der Waals surface area contributed by atoms with E-state index >= 15 is 0 Å². The molecule has 0 amide bonds. The number of nitrogens with zero attached hydrogens (tertiary/aromatic N) is 1. The molecule has 3 nitrogen and oxygen atoms in total. The number of piperidine rings is 1. The van der Waals surface area contributed by atoms with E-state index in [4.69, 9.17) is 9.31 Å². The van der Waals surface area contributed by atoms with Crippen LogP contribution in [-0.2, 0) is 15.9 Å². The van der Waals surface area contributed by atoms with Crippen molar-refractivity contribution >= 4 is 12.6 Å². The highest BCUT2D eigenvalue weighted by Crippen LogP contribution is 2.37. The maximum Gasteiger partial charge on any atom is 0.494 e. The minimum atomic E-state index is -4.07. The maximum absolute atomic E-state index is 12.9. The molecule has 1 aromatic carbocycles. The number of aryl methyl sites for hydroxylation is 1. The quantitative estimate of drug-likeness (QED) is 0.735. The number of rotatable bonds is 3. The van der Waals surface area contributed by atoms with Crippen molar-refractivity contribution in [3.8, 4) is 0 Å². The fourth-order valence-corrected chi connectivity index (χ4v) is 3.65. The van der Waals surface area contributed by atoms with Gasteiger partial charge in [-0.3, -0.25) is 4.90 Å². The lowest BCUT2D eigenvalue weighted by molar-refractivity contribution is -0.185. The van der Waals surface area contributed by atoms with Gasteiger partial charge in [-0.25, -0.2) is 0 Å². The number of benzene rings is 1. The molecule has 0 aliphatic carbocycles. The van der Waals surface area contributed by atoms with Gasteiger partial charge in [-0.05, 0) is 77.1 Å². The molecule has 0 unspecified atom stereocenters. The van der Waals surface area contributed by atoms with Gasteiger partial charge in [-0.1, -0.05) is 18.2 Å². The molecule has 1 aromatic rings. The van der Waals surface area contributed by atoms with Crippen molar-refractivity contribution in [1.82, 2.24) is 4.90 Å². The third-order valence-corrected chi connectivity index (χ3v) is 6.34. The average molecular weight is 383 g/mol. The van der Waals surface area contributed by atoms with E-state index in [1.54, 1.807) is 0 Å². The van der Waals surface area contributed by atoms with E-state index in [1.165, 1.54) is 0 Å². The number of likely N-dealkylation sites (tertiary alicyclic amines) is 1. The van der Waals surface area contributed by atoms with E-state index in [0.717, 1.165) is 16.6 Å². The second kappa shape index (κ2) is 7.09. The zero-order valence-electron chi connectivity index (χ0n) is 16.8. The van der Waals surface area contributed by atoms with Gasteiger partial charge in [0.15, 0.2) is 0 Å². The average Bonchev–Trinajstić information content (AvgIpc) is 2.77. The Labute approximate surface area is 160 Å². The number of halogens is 3. The highest BCUT2D eigenvalue weighted by atomic mass is 19.4. The lowest BCUT2D eigenvalue weighted by Gasteiger charge is -2.33. The van der Waals surface area contributed by atoms with E-state index in [1.807, 2.05) is 46.8 Å². The molecular weight excluding hydrogens is 354 g/mol. The lowest BCUT2D eigenvalue weighted by atomic mass is 9.77. The smallest absolute Gasteiger partial charge is 0.399 e. The van der Waals surface area contributed by atoms with Gasteiger partial charge < -0.3 is 9.31 Å². The Kier molecular flexibility index (Phi) is 5.43. The normalized spacial score (nSPS) is 23.8. The van der Waals surface area contributed by atoms with Crippen molar-refractivity contribution in [1.29, 1.82) is 0 Å². The Balaban J connectivity index is 1.69. The highest BCUT2D eigenvalue weighted by Gasteiger charge is 2.51. The summed E-state index contributed by atoms with van der Waals surface area (Å²) in [6.45, 7) is 11.7. The molecule has 2 heterocycles. The third kappa shape index (κ3) is 4.35. The molecule has 0 spiro atoms. The molecule has 0 N–H and O–H groups in total. The van der Waals surface area contributed by atoms with Crippen LogP contribution in [0.2, 0.25) is 0 Å². The zero-order chi connectivity index (χ0) is 20.0. The molecule has 3 rings (SSSR count). The van der Waals surface area contributed by atoms with E-state index in [9.17, 15) is 13.2 Å². The summed E-state index contributed by atoms with van der Waals surface area (Å²) in [5.74, 6) is -1.16. The van der Waals surface area contributed by atoms with Gasteiger partial charge in [0.1, 0.15) is 0 Å². The van der Waals surface area contributed by atoms with E-state index in [-0.39, 0.29) is 12.8 Å². The van der Waals surface area contributed by atoms with Crippen molar-refractivity contribution in [2.75, 3.05) is 13.1 Å². The van der Waals surface area contributed by atoms with Crippen LogP contribution in [-0.4, -0.2) is 42.5 Å². The molecule has 7 heteroatoms. The first-order chi connectivity index (χ1) is 12.4. The summed E-state index contributed by atoms with van der Waals surface area (Å²) in [7, 11) is -0.426. The van der Waals surface area contributed by atoms with Crippen LogP contribution in [0.15, 0.2) is 18.2 Å². The topological polar surface area (TPSA) is 21.7 Å². The molecule has 2 fully saturated rings. The van der Waals surface area contributed by atoms with Gasteiger partial charge in [-0.15, -0.1) is 0 Å². The highest BCUT2D eigenvalue weighted by molar-refractivity contribution is 6.62. The molecular formula is C20H29BF3NO2. The lowest BCUT2D eigenvalue weighted by Crippen LogP contribution is -2.41. The van der Waals surface area contributed by atoms with Crippen molar-refractivity contribution < 1.29 is 22.5 Å². The molecule has 150 valence electrons. The van der Waals surface area contributed by atoms with Crippen LogP contribution >= 0.6 is 0 Å². The Morgan fingerprint density at radius 2 is 1.63 bits per heavy atom. The minimum Gasteiger partial charge on any atom is -0.399 e. The largest absolute Gasteiger partial charge is 0.494 e. The van der Waals surface area contributed by atoms with Crippen LogP contribution in [0.25, 0.3) is 0 Å². The van der Waals surface area contributed by atoms with Crippen LogP contribution in [0.3, 0.4) is 0 Å². The molecule has 0 radical (unpaired) electrons. The van der Waals surface area contributed by atoms with Gasteiger partial charge >= 0.3 is 13.3 Å². The third-order valence-electron chi connectivity index (χ3n) is 6.34. The Morgan fingerprint density at radius 1 is 1.07 bits per heavy atom. The van der Waals surface area contributed by atoms with E-state index in [2.05, 4.69) is 11.0 Å². The summed E-state index contributed by atoms with van der Waals surface area (Å²) >= 11 is 0. The summed E-state index contributed by atoms with van der Waals surface area (Å²) in [5, 5.41) is 0. The van der Waals surface area contributed by atoms with Crippen molar-refractivity contribution in [3.05, 3.63) is 29.3 Å². The van der Waals surface area contributed by atoms with Crippen molar-refractivity contribution in [3.63, 3.8) is 0 Å². The molecule has 27 heavy (non-hydrogen) atoms. The summed E-state index contributed by atoms with van der Waals surface area (Å²) in [6.07, 6.45) is -3.71. The minimum absolute atomic E-state index is 0.180. The summed E-state index contributed by atoms with van der Waals surface area (Å²) in [6, 6.07) is 6.13. The Bertz CT molecular complexity index is 666. The predicted molar refractivity (Wildman–Crippen MR) is 101 cm³/mol. The summed E-state index contributed by atoms with van der Waals surface area (Å²) < 4.78 is 50.8.